The van der Waals surface area contributed by atoms with Crippen molar-refractivity contribution >= 4 is 16.6 Å². The molecule has 0 fully saturated rings. The molecule has 0 spiro atoms. The Morgan fingerprint density at radius 1 is 1.38 bits per heavy atom. The van der Waals surface area contributed by atoms with Gasteiger partial charge in [0, 0.05) is 23.3 Å². The van der Waals surface area contributed by atoms with Crippen LogP contribution >= 0.6 is 0 Å². The van der Waals surface area contributed by atoms with Gasteiger partial charge in [-0.2, -0.15) is 0 Å². The van der Waals surface area contributed by atoms with Crippen LogP contribution in [0.25, 0.3) is 10.9 Å². The summed E-state index contributed by atoms with van der Waals surface area (Å²) < 4.78 is 13.6. The first-order valence-electron chi connectivity index (χ1n) is 5.52. The molecule has 3 heteroatoms. The number of aryl methyl sites for hydroxylation is 1. The molecule has 2 rings (SSSR count). The van der Waals surface area contributed by atoms with Gasteiger partial charge in [-0.05, 0) is 25.5 Å². The lowest BCUT2D eigenvalue weighted by molar-refractivity contribution is 0.636. The van der Waals surface area contributed by atoms with E-state index in [9.17, 15) is 4.39 Å². The van der Waals surface area contributed by atoms with Crippen molar-refractivity contribution in [3.05, 3.63) is 35.8 Å². The number of hydrogen-bond donors (Lipinski definition) is 1. The summed E-state index contributed by atoms with van der Waals surface area (Å²) in [6.45, 7) is 4.86. The zero-order valence-electron chi connectivity index (χ0n) is 9.55. The van der Waals surface area contributed by atoms with Crippen LogP contribution in [-0.4, -0.2) is 11.5 Å². The number of anilines is 1. The van der Waals surface area contributed by atoms with Crippen molar-refractivity contribution in [1.29, 1.82) is 0 Å². The molecule has 2 nitrogen and oxygen atoms in total. The summed E-state index contributed by atoms with van der Waals surface area (Å²) in [7, 11) is 0. The van der Waals surface area contributed by atoms with Gasteiger partial charge in [0.2, 0.25) is 0 Å². The molecule has 0 bridgehead atoms. The van der Waals surface area contributed by atoms with E-state index in [0.29, 0.717) is 5.52 Å². The Bertz CT molecular complexity index is 509. The molecule has 0 radical (unpaired) electrons. The number of halogens is 1. The number of aromatic nitrogens is 1. The summed E-state index contributed by atoms with van der Waals surface area (Å²) in [6.07, 6.45) is 1.04. The normalized spacial score (nSPS) is 10.7. The van der Waals surface area contributed by atoms with Crippen molar-refractivity contribution < 1.29 is 4.39 Å². The van der Waals surface area contributed by atoms with Crippen molar-refractivity contribution in [3.8, 4) is 0 Å². The molecule has 0 amide bonds. The molecular weight excluding hydrogens is 203 g/mol. The molecule has 0 saturated carbocycles. The first-order chi connectivity index (χ1) is 7.72. The topological polar surface area (TPSA) is 24.9 Å². The lowest BCUT2D eigenvalue weighted by Crippen LogP contribution is -2.02. The Balaban J connectivity index is 2.59. The van der Waals surface area contributed by atoms with Gasteiger partial charge in [-0.1, -0.05) is 19.1 Å². The highest BCUT2D eigenvalue weighted by Crippen LogP contribution is 2.24. The number of hydrogen-bond acceptors (Lipinski definition) is 2. The van der Waals surface area contributed by atoms with Gasteiger partial charge in [-0.15, -0.1) is 0 Å². The molecule has 1 aromatic carbocycles. The van der Waals surface area contributed by atoms with E-state index in [0.717, 1.165) is 29.7 Å². The number of fused-ring (bicyclic) bond motifs is 1. The van der Waals surface area contributed by atoms with Gasteiger partial charge in [0.15, 0.2) is 0 Å². The molecule has 84 valence electrons. The van der Waals surface area contributed by atoms with Crippen LogP contribution < -0.4 is 5.32 Å². The number of nitrogens with one attached hydrogen (secondary N) is 1. The predicted molar refractivity (Wildman–Crippen MR) is 65.2 cm³/mol. The van der Waals surface area contributed by atoms with Gasteiger partial charge in [0.1, 0.15) is 11.3 Å². The average molecular weight is 218 g/mol. The fourth-order valence-electron chi connectivity index (χ4n) is 1.75. The Morgan fingerprint density at radius 2 is 2.19 bits per heavy atom. The van der Waals surface area contributed by atoms with Crippen molar-refractivity contribution in [2.75, 3.05) is 11.9 Å². The summed E-state index contributed by atoms with van der Waals surface area (Å²) >= 11 is 0. The maximum atomic E-state index is 13.6. The first kappa shape index (κ1) is 10.9. The third-order valence-electron chi connectivity index (χ3n) is 2.48. The fourth-order valence-corrected chi connectivity index (χ4v) is 1.75. The quantitative estimate of drug-likeness (QED) is 0.852. The van der Waals surface area contributed by atoms with Gasteiger partial charge in [-0.25, -0.2) is 9.37 Å². The molecule has 0 atom stereocenters. The van der Waals surface area contributed by atoms with E-state index < -0.39 is 0 Å². The molecule has 1 heterocycles. The Morgan fingerprint density at radius 3 is 2.94 bits per heavy atom. The molecule has 16 heavy (non-hydrogen) atoms. The highest BCUT2D eigenvalue weighted by atomic mass is 19.1. The van der Waals surface area contributed by atoms with E-state index in [-0.39, 0.29) is 5.82 Å². The monoisotopic (exact) mass is 218 g/mol. The van der Waals surface area contributed by atoms with Crippen molar-refractivity contribution in [3.63, 3.8) is 0 Å². The summed E-state index contributed by atoms with van der Waals surface area (Å²) in [5, 5.41) is 4.15. The van der Waals surface area contributed by atoms with E-state index >= 15 is 0 Å². The van der Waals surface area contributed by atoms with Gasteiger partial charge < -0.3 is 5.32 Å². The lowest BCUT2D eigenvalue weighted by atomic mass is 10.1. The van der Waals surface area contributed by atoms with Crippen LogP contribution in [0.2, 0.25) is 0 Å². The minimum Gasteiger partial charge on any atom is -0.384 e. The molecule has 0 aliphatic heterocycles. The van der Waals surface area contributed by atoms with E-state index in [4.69, 9.17) is 0 Å². The van der Waals surface area contributed by atoms with Crippen LogP contribution in [0.5, 0.6) is 0 Å². The number of pyridine rings is 1. The zero-order chi connectivity index (χ0) is 11.5. The van der Waals surface area contributed by atoms with Gasteiger partial charge in [-0.3, -0.25) is 0 Å². The van der Waals surface area contributed by atoms with Gasteiger partial charge >= 0.3 is 0 Å². The second-order valence-corrected chi connectivity index (χ2v) is 3.87. The Hall–Kier alpha value is -1.64. The smallest absolute Gasteiger partial charge is 0.149 e. The molecular formula is C13H15FN2. The van der Waals surface area contributed by atoms with Crippen LogP contribution in [0.4, 0.5) is 10.1 Å². The molecule has 0 unspecified atom stereocenters. The number of para-hydroxylation sites is 1. The van der Waals surface area contributed by atoms with Gasteiger partial charge in [0.25, 0.3) is 0 Å². The van der Waals surface area contributed by atoms with Crippen molar-refractivity contribution in [1.82, 2.24) is 4.98 Å². The molecule has 1 aromatic heterocycles. The predicted octanol–water partition coefficient (Wildman–Crippen LogP) is 3.50. The fraction of sp³-hybridized carbons (Fsp3) is 0.308. The van der Waals surface area contributed by atoms with Crippen LogP contribution in [0, 0.1) is 12.7 Å². The van der Waals surface area contributed by atoms with Gasteiger partial charge in [0.05, 0.1) is 0 Å². The van der Waals surface area contributed by atoms with Crippen LogP contribution in [0.15, 0.2) is 24.3 Å². The summed E-state index contributed by atoms with van der Waals surface area (Å²) in [6, 6.07) is 7.00. The third-order valence-corrected chi connectivity index (χ3v) is 2.48. The van der Waals surface area contributed by atoms with E-state index in [1.54, 1.807) is 6.07 Å². The SMILES string of the molecule is CCCNc1cc(C)nc2c(F)cccc12. The molecule has 2 aromatic rings. The van der Waals surface area contributed by atoms with Crippen LogP contribution in [0.3, 0.4) is 0 Å². The molecule has 0 aliphatic rings. The zero-order valence-corrected chi connectivity index (χ0v) is 9.55. The summed E-state index contributed by atoms with van der Waals surface area (Å²) in [5.41, 5.74) is 2.24. The number of benzene rings is 1. The summed E-state index contributed by atoms with van der Waals surface area (Å²) in [5.74, 6) is -0.263. The highest BCUT2D eigenvalue weighted by Gasteiger charge is 2.06. The second kappa shape index (κ2) is 4.47. The maximum absolute atomic E-state index is 13.6. The lowest BCUT2D eigenvalue weighted by Gasteiger charge is -2.10. The minimum absolute atomic E-state index is 0.263. The third kappa shape index (κ3) is 1.98. The number of rotatable bonds is 3. The standard InChI is InChI=1S/C13H15FN2/c1-3-7-15-12-8-9(2)16-13-10(12)5-4-6-11(13)14/h4-6,8H,3,7H2,1-2H3,(H,15,16). The van der Waals surface area contributed by atoms with Crippen LogP contribution in [0.1, 0.15) is 19.0 Å². The van der Waals surface area contributed by atoms with E-state index in [2.05, 4.69) is 17.2 Å². The second-order valence-electron chi connectivity index (χ2n) is 3.87. The maximum Gasteiger partial charge on any atom is 0.149 e. The van der Waals surface area contributed by atoms with Crippen molar-refractivity contribution in [2.45, 2.75) is 20.3 Å². The highest BCUT2D eigenvalue weighted by molar-refractivity contribution is 5.91. The largest absolute Gasteiger partial charge is 0.384 e. The average Bonchev–Trinajstić information content (AvgIpc) is 2.27. The molecule has 0 aliphatic carbocycles. The van der Waals surface area contributed by atoms with E-state index in [1.165, 1.54) is 6.07 Å². The Labute approximate surface area is 94.5 Å². The number of nitrogens with zero attached hydrogens (tertiary/aromatic N) is 1. The minimum atomic E-state index is -0.263. The first-order valence-corrected chi connectivity index (χ1v) is 5.52. The molecule has 0 saturated heterocycles. The summed E-state index contributed by atoms with van der Waals surface area (Å²) in [4.78, 5) is 4.23. The van der Waals surface area contributed by atoms with E-state index in [1.807, 2.05) is 19.1 Å². The molecule has 1 N–H and O–H groups in total. The van der Waals surface area contributed by atoms with Crippen LogP contribution in [-0.2, 0) is 0 Å². The Kier molecular flexibility index (Phi) is 3.04. The van der Waals surface area contributed by atoms with Crippen molar-refractivity contribution in [2.24, 2.45) is 0 Å².